The van der Waals surface area contributed by atoms with Crippen molar-refractivity contribution in [1.29, 1.82) is 0 Å². The van der Waals surface area contributed by atoms with Gasteiger partial charge in [-0.3, -0.25) is 14.4 Å². The summed E-state index contributed by atoms with van der Waals surface area (Å²) in [4.78, 5) is 38.4. The molecule has 0 bridgehead atoms. The first-order valence-electron chi connectivity index (χ1n) is 35.8. The van der Waals surface area contributed by atoms with E-state index < -0.39 is 6.10 Å². The molecule has 0 N–H and O–H groups in total. The summed E-state index contributed by atoms with van der Waals surface area (Å²) in [6.07, 6.45) is 89.8. The van der Waals surface area contributed by atoms with Gasteiger partial charge in [0.25, 0.3) is 0 Å². The first kappa shape index (κ1) is 78.1. The van der Waals surface area contributed by atoms with Crippen molar-refractivity contribution in [2.24, 2.45) is 0 Å². The average molecular weight is 1130 g/mol. The van der Waals surface area contributed by atoms with Gasteiger partial charge in [-0.25, -0.2) is 0 Å². The van der Waals surface area contributed by atoms with Gasteiger partial charge in [0.05, 0.1) is 0 Å². The lowest BCUT2D eigenvalue weighted by atomic mass is 10.0. The van der Waals surface area contributed by atoms with Crippen LogP contribution in [0.1, 0.15) is 380 Å². The number of esters is 3. The summed E-state index contributed by atoms with van der Waals surface area (Å²) < 4.78 is 16.9. The topological polar surface area (TPSA) is 78.9 Å². The molecule has 0 saturated heterocycles. The molecule has 0 aromatic heterocycles. The molecule has 0 rings (SSSR count). The molecule has 0 amide bonds. The number of ether oxygens (including phenoxy) is 3. The zero-order valence-electron chi connectivity index (χ0n) is 54.3. The Morgan fingerprint density at radius 3 is 0.716 bits per heavy atom. The van der Waals surface area contributed by atoms with Gasteiger partial charge in [-0.1, -0.05) is 313 Å². The summed E-state index contributed by atoms with van der Waals surface area (Å²) in [7, 11) is 0. The van der Waals surface area contributed by atoms with E-state index in [1.807, 2.05) is 0 Å². The Balaban J connectivity index is 4.14. The van der Waals surface area contributed by atoms with Crippen LogP contribution in [0.3, 0.4) is 0 Å². The maximum Gasteiger partial charge on any atom is 0.306 e. The second-order valence-electron chi connectivity index (χ2n) is 24.1. The van der Waals surface area contributed by atoms with Crippen molar-refractivity contribution in [3.05, 3.63) is 60.8 Å². The molecule has 0 radical (unpaired) electrons. The van der Waals surface area contributed by atoms with Crippen molar-refractivity contribution in [2.45, 2.75) is 386 Å². The monoisotopic (exact) mass is 1130 g/mol. The Hall–Kier alpha value is -2.89. The molecule has 0 spiro atoms. The number of hydrogen-bond donors (Lipinski definition) is 0. The molecule has 0 aliphatic carbocycles. The van der Waals surface area contributed by atoms with Crippen LogP contribution in [0.15, 0.2) is 60.8 Å². The van der Waals surface area contributed by atoms with Crippen molar-refractivity contribution in [3.63, 3.8) is 0 Å². The molecule has 6 nitrogen and oxygen atoms in total. The van der Waals surface area contributed by atoms with Crippen molar-refractivity contribution >= 4 is 17.9 Å². The van der Waals surface area contributed by atoms with E-state index in [9.17, 15) is 14.4 Å². The van der Waals surface area contributed by atoms with E-state index in [4.69, 9.17) is 14.2 Å². The van der Waals surface area contributed by atoms with E-state index in [0.717, 1.165) is 103 Å². The maximum atomic E-state index is 12.9. The number of rotatable bonds is 66. The van der Waals surface area contributed by atoms with E-state index in [0.29, 0.717) is 19.3 Å². The lowest BCUT2D eigenvalue weighted by Crippen LogP contribution is -2.30. The predicted molar refractivity (Wildman–Crippen MR) is 353 cm³/mol. The van der Waals surface area contributed by atoms with E-state index in [1.54, 1.807) is 0 Å². The van der Waals surface area contributed by atoms with Crippen molar-refractivity contribution < 1.29 is 28.6 Å². The minimum absolute atomic E-state index is 0.0813. The van der Waals surface area contributed by atoms with Crippen LogP contribution in [0.2, 0.25) is 0 Å². The van der Waals surface area contributed by atoms with Gasteiger partial charge >= 0.3 is 17.9 Å². The van der Waals surface area contributed by atoms with Crippen LogP contribution in [-0.2, 0) is 28.6 Å². The molecule has 81 heavy (non-hydrogen) atoms. The number of carbonyl (C=O) groups is 3. The molecule has 472 valence electrons. The van der Waals surface area contributed by atoms with Crippen molar-refractivity contribution in [1.82, 2.24) is 0 Å². The summed E-state index contributed by atoms with van der Waals surface area (Å²) in [5, 5.41) is 0. The van der Waals surface area contributed by atoms with Crippen LogP contribution < -0.4 is 0 Å². The predicted octanol–water partition coefficient (Wildman–Crippen LogP) is 24.7. The molecule has 6 heteroatoms. The minimum Gasteiger partial charge on any atom is -0.462 e. The van der Waals surface area contributed by atoms with Gasteiger partial charge in [-0.15, -0.1) is 0 Å². The van der Waals surface area contributed by atoms with Gasteiger partial charge < -0.3 is 14.2 Å². The fraction of sp³-hybridized carbons (Fsp3) is 0.827. The van der Waals surface area contributed by atoms with Gasteiger partial charge in [0.1, 0.15) is 13.2 Å². The Bertz CT molecular complexity index is 1440. The molecule has 0 aliphatic rings. The number of carbonyl (C=O) groups excluding carboxylic acids is 3. The normalized spacial score (nSPS) is 12.4. The molecule has 1 atom stereocenters. The fourth-order valence-corrected chi connectivity index (χ4v) is 10.6. The van der Waals surface area contributed by atoms with Crippen LogP contribution >= 0.6 is 0 Å². The second kappa shape index (κ2) is 69.6. The Morgan fingerprint density at radius 2 is 0.444 bits per heavy atom. The van der Waals surface area contributed by atoms with Gasteiger partial charge in [0.15, 0.2) is 6.10 Å². The standard InChI is InChI=1S/C75H136O6/c1-4-7-10-13-16-19-22-25-28-29-30-31-32-33-34-35-36-37-38-39-40-41-42-43-44-45-48-50-53-56-59-62-65-68-74(77)80-71-72(81-75(78)69-66-63-60-57-54-51-47-27-24-21-18-15-12-9-6-3)70-79-73(76)67-64-61-58-55-52-49-46-26-23-20-17-14-11-8-5-2/h17-18,20-21,26-27,29-30,46-47,72H,4-16,19,22-25,28,31-45,48-71H2,1-3H3/b20-17-,21-18-,30-29-,46-26-,47-27-. The molecule has 0 aliphatic heterocycles. The van der Waals surface area contributed by atoms with Gasteiger partial charge in [-0.2, -0.15) is 0 Å². The number of unbranched alkanes of at least 4 members (excludes halogenated alkanes) is 45. The molecule has 0 aromatic carbocycles. The molecule has 0 saturated carbocycles. The smallest absolute Gasteiger partial charge is 0.306 e. The Morgan fingerprint density at radius 1 is 0.247 bits per heavy atom. The third-order valence-electron chi connectivity index (χ3n) is 16.0. The molecule has 0 heterocycles. The summed E-state index contributed by atoms with van der Waals surface area (Å²) >= 11 is 0. The van der Waals surface area contributed by atoms with E-state index in [-0.39, 0.29) is 31.1 Å². The van der Waals surface area contributed by atoms with E-state index in [1.165, 1.54) is 238 Å². The third-order valence-corrected chi connectivity index (χ3v) is 16.0. The summed E-state index contributed by atoms with van der Waals surface area (Å²) in [5.41, 5.74) is 0. The molecule has 0 fully saturated rings. The van der Waals surface area contributed by atoms with Crippen LogP contribution in [0, 0.1) is 0 Å². The highest BCUT2D eigenvalue weighted by molar-refractivity contribution is 5.71. The van der Waals surface area contributed by atoms with Crippen LogP contribution in [0.25, 0.3) is 0 Å². The average Bonchev–Trinajstić information content (AvgIpc) is 3.47. The Kier molecular flexibility index (Phi) is 67.1. The third kappa shape index (κ3) is 67.8. The van der Waals surface area contributed by atoms with Gasteiger partial charge in [0, 0.05) is 19.3 Å². The summed E-state index contributed by atoms with van der Waals surface area (Å²) in [6.45, 7) is 6.61. The van der Waals surface area contributed by atoms with E-state index >= 15 is 0 Å². The van der Waals surface area contributed by atoms with Crippen molar-refractivity contribution in [3.8, 4) is 0 Å². The number of hydrogen-bond acceptors (Lipinski definition) is 6. The number of allylic oxidation sites excluding steroid dienone is 10. The van der Waals surface area contributed by atoms with E-state index in [2.05, 4.69) is 81.5 Å². The highest BCUT2D eigenvalue weighted by Crippen LogP contribution is 2.18. The van der Waals surface area contributed by atoms with Crippen LogP contribution in [0.5, 0.6) is 0 Å². The molecular formula is C75H136O6. The second-order valence-corrected chi connectivity index (χ2v) is 24.1. The van der Waals surface area contributed by atoms with Gasteiger partial charge in [-0.05, 0) is 109 Å². The summed E-state index contributed by atoms with van der Waals surface area (Å²) in [5.74, 6) is -0.890. The minimum atomic E-state index is -0.787. The quantitative estimate of drug-likeness (QED) is 0.0261. The molecule has 1 unspecified atom stereocenters. The lowest BCUT2D eigenvalue weighted by molar-refractivity contribution is -0.167. The maximum absolute atomic E-state index is 12.9. The Labute approximate surface area is 504 Å². The van der Waals surface area contributed by atoms with Gasteiger partial charge in [0.2, 0.25) is 0 Å². The molecular weight excluding hydrogens is 997 g/mol. The first-order valence-corrected chi connectivity index (χ1v) is 35.8. The highest BCUT2D eigenvalue weighted by Gasteiger charge is 2.19. The van der Waals surface area contributed by atoms with Crippen LogP contribution in [-0.4, -0.2) is 37.2 Å². The lowest BCUT2D eigenvalue weighted by Gasteiger charge is -2.18. The summed E-state index contributed by atoms with van der Waals surface area (Å²) in [6, 6.07) is 0. The zero-order chi connectivity index (χ0) is 58.5. The van der Waals surface area contributed by atoms with Crippen molar-refractivity contribution in [2.75, 3.05) is 13.2 Å². The molecule has 0 aromatic rings. The first-order chi connectivity index (χ1) is 40.0. The fourth-order valence-electron chi connectivity index (χ4n) is 10.6. The van der Waals surface area contributed by atoms with Crippen LogP contribution in [0.4, 0.5) is 0 Å². The zero-order valence-corrected chi connectivity index (χ0v) is 54.3. The SMILES string of the molecule is CCCCC/C=C\C/C=C\CCCCCCCC(=O)OCC(COC(=O)CCCCCCCCCCCCCCCCCCCCCCC/C=C\CCCCCCCCCC)OC(=O)CCCCCCC/C=C\C/C=C\CCCCC. The largest absolute Gasteiger partial charge is 0.462 e. The highest BCUT2D eigenvalue weighted by atomic mass is 16.6.